The molecule has 6 nitrogen and oxygen atoms in total. The van der Waals surface area contributed by atoms with Crippen molar-refractivity contribution in [1.82, 2.24) is 19.7 Å². The Labute approximate surface area is 161 Å². The molecule has 27 heavy (non-hydrogen) atoms. The van der Waals surface area contributed by atoms with Gasteiger partial charge in [0.25, 0.3) is 0 Å². The van der Waals surface area contributed by atoms with Crippen LogP contribution in [0.15, 0.2) is 60.2 Å². The summed E-state index contributed by atoms with van der Waals surface area (Å²) in [5.41, 5.74) is 0.973. The van der Waals surface area contributed by atoms with E-state index in [0.29, 0.717) is 6.61 Å². The van der Waals surface area contributed by atoms with Gasteiger partial charge in [0.2, 0.25) is 0 Å². The van der Waals surface area contributed by atoms with Crippen LogP contribution in [-0.4, -0.2) is 45.5 Å². The number of thiophene rings is 1. The highest BCUT2D eigenvalue weighted by Crippen LogP contribution is 2.30. The van der Waals surface area contributed by atoms with E-state index in [9.17, 15) is 0 Å². The van der Waals surface area contributed by atoms with Gasteiger partial charge in [-0.3, -0.25) is 4.68 Å². The van der Waals surface area contributed by atoms with Crippen molar-refractivity contribution in [2.45, 2.75) is 12.6 Å². The Morgan fingerprint density at radius 2 is 2.07 bits per heavy atom. The van der Waals surface area contributed by atoms with Crippen LogP contribution in [0.4, 0.5) is 5.82 Å². The normalized spacial score (nSPS) is 17.5. The van der Waals surface area contributed by atoms with Crippen molar-refractivity contribution in [3.05, 3.63) is 60.2 Å². The van der Waals surface area contributed by atoms with Crippen LogP contribution in [0.2, 0.25) is 0 Å². The summed E-state index contributed by atoms with van der Waals surface area (Å²) in [6.07, 6.45) is 3.85. The van der Waals surface area contributed by atoms with E-state index < -0.39 is 0 Å². The molecule has 1 unspecified atom stereocenters. The molecular weight excluding hydrogens is 358 g/mol. The first-order valence-electron chi connectivity index (χ1n) is 9.01. The van der Waals surface area contributed by atoms with Gasteiger partial charge in [-0.25, -0.2) is 9.97 Å². The molecule has 1 atom stereocenters. The molecule has 4 heterocycles. The Morgan fingerprint density at radius 1 is 1.11 bits per heavy atom. The lowest BCUT2D eigenvalue weighted by Gasteiger charge is -2.34. The quantitative estimate of drug-likeness (QED) is 0.545. The monoisotopic (exact) mass is 377 g/mol. The summed E-state index contributed by atoms with van der Waals surface area (Å²) in [5.74, 6) is 1.77. The van der Waals surface area contributed by atoms with Crippen molar-refractivity contribution < 1.29 is 4.74 Å². The lowest BCUT2D eigenvalue weighted by atomic mass is 10.2. The molecule has 0 amide bonds. The highest BCUT2D eigenvalue weighted by Gasteiger charge is 2.24. The number of morpholine rings is 1. The molecule has 1 aromatic carbocycles. The second-order valence-corrected chi connectivity index (χ2v) is 7.48. The summed E-state index contributed by atoms with van der Waals surface area (Å²) in [5, 5.41) is 7.44. The second kappa shape index (κ2) is 7.09. The van der Waals surface area contributed by atoms with E-state index in [1.165, 1.54) is 0 Å². The average Bonchev–Trinajstić information content (AvgIpc) is 3.41. The second-order valence-electron chi connectivity index (χ2n) is 6.53. The lowest BCUT2D eigenvalue weighted by molar-refractivity contribution is 0.0273. The molecule has 1 aliphatic rings. The molecule has 4 aromatic rings. The summed E-state index contributed by atoms with van der Waals surface area (Å²) in [6, 6.07) is 14.3. The third-order valence-corrected chi connectivity index (χ3v) is 5.58. The zero-order valence-corrected chi connectivity index (χ0v) is 15.5. The fraction of sp³-hybridized carbons (Fsp3) is 0.250. The average molecular weight is 377 g/mol. The van der Waals surface area contributed by atoms with Crippen molar-refractivity contribution in [2.75, 3.05) is 24.6 Å². The predicted octanol–water partition coefficient (Wildman–Crippen LogP) is 3.46. The number of para-hydroxylation sites is 1. The smallest absolute Gasteiger partial charge is 0.172 e. The molecule has 0 spiro atoms. The van der Waals surface area contributed by atoms with Gasteiger partial charge in [0.1, 0.15) is 5.82 Å². The highest BCUT2D eigenvalue weighted by atomic mass is 32.1. The minimum atomic E-state index is 0.0811. The van der Waals surface area contributed by atoms with E-state index in [4.69, 9.17) is 14.7 Å². The molecule has 7 heteroatoms. The molecule has 1 saturated heterocycles. The Morgan fingerprint density at radius 3 is 2.93 bits per heavy atom. The largest absolute Gasteiger partial charge is 0.373 e. The molecule has 0 saturated carbocycles. The van der Waals surface area contributed by atoms with Gasteiger partial charge in [0.05, 0.1) is 29.6 Å². The van der Waals surface area contributed by atoms with Crippen LogP contribution >= 0.6 is 11.3 Å². The van der Waals surface area contributed by atoms with Crippen LogP contribution in [0.1, 0.15) is 0 Å². The Hall–Kier alpha value is -2.77. The van der Waals surface area contributed by atoms with E-state index in [-0.39, 0.29) is 6.10 Å². The third-order valence-electron chi connectivity index (χ3n) is 4.71. The SMILES string of the molecule is c1csc(-c2nc(N3CCOC(Cn4cccn4)C3)c3ccccc3n2)c1. The Balaban J connectivity index is 1.51. The fourth-order valence-corrected chi connectivity index (χ4v) is 4.11. The maximum Gasteiger partial charge on any atom is 0.172 e. The standard InChI is InChI=1S/C20H19N5OS/c1-2-6-17-16(5-1)20(23-19(22-17)18-7-3-12-27-18)24-10-11-26-15(13-24)14-25-9-4-8-21-25/h1-9,12,15H,10-11,13-14H2. The van der Waals surface area contributed by atoms with Crippen molar-refractivity contribution >= 4 is 28.1 Å². The first kappa shape index (κ1) is 16.4. The number of hydrogen-bond acceptors (Lipinski definition) is 6. The van der Waals surface area contributed by atoms with Gasteiger partial charge in [0, 0.05) is 30.9 Å². The number of benzene rings is 1. The first-order chi connectivity index (χ1) is 13.4. The molecule has 1 aliphatic heterocycles. The molecule has 0 radical (unpaired) electrons. The van der Waals surface area contributed by atoms with E-state index in [1.807, 2.05) is 35.1 Å². The zero-order chi connectivity index (χ0) is 18.1. The fourth-order valence-electron chi connectivity index (χ4n) is 3.46. The Kier molecular flexibility index (Phi) is 4.31. The summed E-state index contributed by atoms with van der Waals surface area (Å²) in [7, 11) is 0. The number of nitrogens with zero attached hydrogens (tertiary/aromatic N) is 5. The van der Waals surface area contributed by atoms with Crippen LogP contribution in [0.25, 0.3) is 21.6 Å². The van der Waals surface area contributed by atoms with Crippen molar-refractivity contribution in [2.24, 2.45) is 0 Å². The maximum atomic E-state index is 5.97. The first-order valence-corrected chi connectivity index (χ1v) is 9.89. The van der Waals surface area contributed by atoms with Crippen LogP contribution in [0.3, 0.4) is 0 Å². The predicted molar refractivity (Wildman–Crippen MR) is 107 cm³/mol. The van der Waals surface area contributed by atoms with Crippen molar-refractivity contribution in [3.8, 4) is 10.7 Å². The summed E-state index contributed by atoms with van der Waals surface area (Å²) < 4.78 is 7.89. The van der Waals surface area contributed by atoms with Gasteiger partial charge < -0.3 is 9.64 Å². The Bertz CT molecular complexity index is 1030. The molecule has 5 rings (SSSR count). The van der Waals surface area contributed by atoms with Gasteiger partial charge in [0.15, 0.2) is 5.82 Å². The van der Waals surface area contributed by atoms with E-state index >= 15 is 0 Å². The number of rotatable bonds is 4. The molecule has 1 fully saturated rings. The van der Waals surface area contributed by atoms with Gasteiger partial charge in [-0.15, -0.1) is 11.3 Å². The molecule has 0 N–H and O–H groups in total. The highest BCUT2D eigenvalue weighted by molar-refractivity contribution is 7.13. The van der Waals surface area contributed by atoms with Gasteiger partial charge in [-0.2, -0.15) is 5.10 Å². The molecular formula is C20H19N5OS. The number of hydrogen-bond donors (Lipinski definition) is 0. The van der Waals surface area contributed by atoms with E-state index in [0.717, 1.165) is 47.1 Å². The summed E-state index contributed by atoms with van der Waals surface area (Å²) >= 11 is 1.66. The number of ether oxygens (including phenoxy) is 1. The number of aromatic nitrogens is 4. The number of anilines is 1. The topological polar surface area (TPSA) is 56.1 Å². The van der Waals surface area contributed by atoms with Gasteiger partial charge in [-0.05, 0) is 29.6 Å². The van der Waals surface area contributed by atoms with E-state index in [2.05, 4.69) is 33.6 Å². The van der Waals surface area contributed by atoms with Crippen molar-refractivity contribution in [1.29, 1.82) is 0 Å². The minimum absolute atomic E-state index is 0.0811. The van der Waals surface area contributed by atoms with Crippen LogP contribution in [0, 0.1) is 0 Å². The molecule has 3 aromatic heterocycles. The molecule has 136 valence electrons. The van der Waals surface area contributed by atoms with Crippen molar-refractivity contribution in [3.63, 3.8) is 0 Å². The zero-order valence-electron chi connectivity index (χ0n) is 14.7. The number of fused-ring (bicyclic) bond motifs is 1. The van der Waals surface area contributed by atoms with Gasteiger partial charge in [-0.1, -0.05) is 18.2 Å². The lowest BCUT2D eigenvalue weighted by Crippen LogP contribution is -2.44. The van der Waals surface area contributed by atoms with Crippen LogP contribution in [-0.2, 0) is 11.3 Å². The minimum Gasteiger partial charge on any atom is -0.373 e. The molecule has 0 aliphatic carbocycles. The van der Waals surface area contributed by atoms with Crippen LogP contribution in [0.5, 0.6) is 0 Å². The molecule has 0 bridgehead atoms. The maximum absolute atomic E-state index is 5.97. The van der Waals surface area contributed by atoms with Crippen LogP contribution < -0.4 is 4.90 Å². The van der Waals surface area contributed by atoms with Gasteiger partial charge >= 0.3 is 0 Å². The summed E-state index contributed by atoms with van der Waals surface area (Å²) in [4.78, 5) is 13.1. The summed E-state index contributed by atoms with van der Waals surface area (Å²) in [6.45, 7) is 3.02. The third kappa shape index (κ3) is 3.31. The van der Waals surface area contributed by atoms with E-state index in [1.54, 1.807) is 17.5 Å².